The third-order valence-electron chi connectivity index (χ3n) is 2.21. The van der Waals surface area contributed by atoms with Gasteiger partial charge in [-0.05, 0) is 11.6 Å². The number of halogens is 3. The van der Waals surface area contributed by atoms with Crippen LogP contribution in [-0.2, 0) is 4.74 Å². The number of pyridine rings is 1. The highest BCUT2D eigenvalue weighted by molar-refractivity contribution is 6.30. The molecule has 2 heterocycles. The minimum atomic E-state index is -0.715. The molecule has 2 aromatic heterocycles. The van der Waals surface area contributed by atoms with Crippen molar-refractivity contribution in [3.8, 4) is 0 Å². The summed E-state index contributed by atoms with van der Waals surface area (Å²) in [7, 11) is 1.58. The molecule has 0 spiro atoms. The Balaban J connectivity index is 2.49. The largest absolute Gasteiger partial charge is 0.383 e. The minimum absolute atomic E-state index is 0.0370. The Morgan fingerprint density at radius 2 is 2.17 bits per heavy atom. The van der Waals surface area contributed by atoms with E-state index in [4.69, 9.17) is 27.9 Å². The van der Waals surface area contributed by atoms with Crippen molar-refractivity contribution >= 4 is 39.9 Å². The Morgan fingerprint density at radius 1 is 1.39 bits per heavy atom. The van der Waals surface area contributed by atoms with Crippen LogP contribution in [-0.4, -0.2) is 35.2 Å². The van der Waals surface area contributed by atoms with Crippen molar-refractivity contribution in [1.82, 2.24) is 15.0 Å². The molecule has 0 radical (unpaired) electrons. The number of ether oxygens (including phenoxy) is 1. The van der Waals surface area contributed by atoms with Crippen molar-refractivity contribution in [3.05, 3.63) is 22.5 Å². The first kappa shape index (κ1) is 13.2. The summed E-state index contributed by atoms with van der Waals surface area (Å²) in [5.74, 6) is -0.321. The first-order valence-corrected chi connectivity index (χ1v) is 5.79. The summed E-state index contributed by atoms with van der Waals surface area (Å²) in [5.41, 5.74) is 0.0370. The van der Waals surface area contributed by atoms with Crippen LogP contribution in [0.1, 0.15) is 0 Å². The van der Waals surface area contributed by atoms with E-state index >= 15 is 0 Å². The molecule has 1 N–H and O–H groups in total. The van der Waals surface area contributed by atoms with E-state index in [1.54, 1.807) is 7.11 Å². The molecule has 18 heavy (non-hydrogen) atoms. The molecular weight excluding hydrogens is 282 g/mol. The highest BCUT2D eigenvalue weighted by atomic mass is 35.5. The maximum Gasteiger partial charge on any atom is 0.225 e. The number of hydrogen-bond acceptors (Lipinski definition) is 5. The van der Waals surface area contributed by atoms with Gasteiger partial charge in [-0.1, -0.05) is 11.6 Å². The molecule has 0 bridgehead atoms. The van der Waals surface area contributed by atoms with Gasteiger partial charge in [0, 0.05) is 19.9 Å². The Hall–Kier alpha value is -1.24. The smallest absolute Gasteiger partial charge is 0.225 e. The van der Waals surface area contributed by atoms with Crippen LogP contribution in [0.5, 0.6) is 0 Å². The van der Waals surface area contributed by atoms with Crippen molar-refractivity contribution in [2.75, 3.05) is 25.6 Å². The zero-order valence-corrected chi connectivity index (χ0v) is 10.9. The summed E-state index contributed by atoms with van der Waals surface area (Å²) < 4.78 is 18.6. The number of methoxy groups -OCH3 is 1. The average molecular weight is 291 g/mol. The summed E-state index contributed by atoms with van der Waals surface area (Å²) in [6, 6.07) is 0. The van der Waals surface area contributed by atoms with Crippen molar-refractivity contribution in [2.45, 2.75) is 0 Å². The molecule has 0 amide bonds. The van der Waals surface area contributed by atoms with Crippen LogP contribution < -0.4 is 5.32 Å². The van der Waals surface area contributed by atoms with E-state index in [0.29, 0.717) is 24.4 Å². The zero-order chi connectivity index (χ0) is 13.1. The molecule has 0 aromatic carbocycles. The summed E-state index contributed by atoms with van der Waals surface area (Å²) >= 11 is 11.3. The van der Waals surface area contributed by atoms with Gasteiger partial charge in [0.05, 0.1) is 12.0 Å². The van der Waals surface area contributed by atoms with Gasteiger partial charge in [0.15, 0.2) is 11.0 Å². The molecule has 96 valence electrons. The SMILES string of the molecule is COCCNc1nc(Cl)nc2c(F)c(Cl)ncc12. The van der Waals surface area contributed by atoms with Crippen LogP contribution in [0.4, 0.5) is 10.2 Å². The van der Waals surface area contributed by atoms with Crippen molar-refractivity contribution in [3.63, 3.8) is 0 Å². The topological polar surface area (TPSA) is 59.9 Å². The second-order valence-electron chi connectivity index (χ2n) is 3.39. The minimum Gasteiger partial charge on any atom is -0.383 e. The normalized spacial score (nSPS) is 10.9. The van der Waals surface area contributed by atoms with Gasteiger partial charge < -0.3 is 10.1 Å². The van der Waals surface area contributed by atoms with Gasteiger partial charge in [-0.3, -0.25) is 0 Å². The monoisotopic (exact) mass is 290 g/mol. The predicted molar refractivity (Wildman–Crippen MR) is 67.7 cm³/mol. The molecule has 0 unspecified atom stereocenters. The highest BCUT2D eigenvalue weighted by Gasteiger charge is 2.13. The quantitative estimate of drug-likeness (QED) is 0.533. The van der Waals surface area contributed by atoms with Gasteiger partial charge in [-0.15, -0.1) is 0 Å². The Morgan fingerprint density at radius 3 is 2.89 bits per heavy atom. The molecule has 2 rings (SSSR count). The number of aromatic nitrogens is 3. The van der Waals surface area contributed by atoms with Crippen LogP contribution in [0.25, 0.3) is 10.9 Å². The van der Waals surface area contributed by atoms with Crippen molar-refractivity contribution in [1.29, 1.82) is 0 Å². The number of nitrogens with one attached hydrogen (secondary N) is 1. The zero-order valence-electron chi connectivity index (χ0n) is 9.38. The van der Waals surface area contributed by atoms with E-state index in [1.165, 1.54) is 6.20 Å². The summed E-state index contributed by atoms with van der Waals surface area (Å²) in [5, 5.41) is 3.06. The average Bonchev–Trinajstić information content (AvgIpc) is 2.34. The maximum atomic E-state index is 13.8. The molecule has 0 aliphatic rings. The molecule has 0 aliphatic heterocycles. The first-order valence-electron chi connectivity index (χ1n) is 5.03. The van der Waals surface area contributed by atoms with Gasteiger partial charge in [0.2, 0.25) is 5.28 Å². The molecule has 0 saturated heterocycles. The third-order valence-corrected chi connectivity index (χ3v) is 2.65. The fourth-order valence-electron chi connectivity index (χ4n) is 1.41. The van der Waals surface area contributed by atoms with E-state index in [1.807, 2.05) is 0 Å². The van der Waals surface area contributed by atoms with Crippen LogP contribution in [0.3, 0.4) is 0 Å². The lowest BCUT2D eigenvalue weighted by Crippen LogP contribution is -2.10. The predicted octanol–water partition coefficient (Wildman–Crippen LogP) is 2.53. The number of rotatable bonds is 4. The lowest BCUT2D eigenvalue weighted by Gasteiger charge is -2.08. The summed E-state index contributed by atoms with van der Waals surface area (Å²) in [6.45, 7) is 0.982. The molecular formula is C10H9Cl2FN4O. The maximum absolute atomic E-state index is 13.8. The number of nitrogens with zero attached hydrogens (tertiary/aromatic N) is 3. The summed E-state index contributed by atoms with van der Waals surface area (Å²) in [4.78, 5) is 11.5. The van der Waals surface area contributed by atoms with Crippen LogP contribution in [0.2, 0.25) is 10.4 Å². The lowest BCUT2D eigenvalue weighted by molar-refractivity contribution is 0.210. The molecule has 0 atom stereocenters. The second kappa shape index (κ2) is 5.60. The van der Waals surface area contributed by atoms with Crippen molar-refractivity contribution in [2.24, 2.45) is 0 Å². The molecule has 0 saturated carbocycles. The first-order chi connectivity index (χ1) is 8.63. The molecule has 8 heteroatoms. The molecule has 5 nitrogen and oxygen atoms in total. The third kappa shape index (κ3) is 2.60. The van der Waals surface area contributed by atoms with Gasteiger partial charge in [0.25, 0.3) is 0 Å². The molecule has 0 aliphatic carbocycles. The van der Waals surface area contributed by atoms with E-state index in [-0.39, 0.29) is 16.0 Å². The Kier molecular flexibility index (Phi) is 4.11. The molecule has 0 fully saturated rings. The van der Waals surface area contributed by atoms with Gasteiger partial charge in [0.1, 0.15) is 11.3 Å². The fraction of sp³-hybridized carbons (Fsp3) is 0.300. The van der Waals surface area contributed by atoms with Gasteiger partial charge in [-0.25, -0.2) is 19.3 Å². The Labute approximate surface area is 112 Å². The van der Waals surface area contributed by atoms with Crippen LogP contribution in [0, 0.1) is 5.82 Å². The van der Waals surface area contributed by atoms with Crippen molar-refractivity contribution < 1.29 is 9.13 Å². The van der Waals surface area contributed by atoms with E-state index in [9.17, 15) is 4.39 Å². The number of fused-ring (bicyclic) bond motifs is 1. The lowest BCUT2D eigenvalue weighted by atomic mass is 10.3. The number of hydrogen-bond donors (Lipinski definition) is 1. The van der Waals surface area contributed by atoms with Crippen LogP contribution >= 0.6 is 23.2 Å². The second-order valence-corrected chi connectivity index (χ2v) is 4.08. The summed E-state index contributed by atoms with van der Waals surface area (Å²) in [6.07, 6.45) is 1.40. The number of anilines is 1. The van der Waals surface area contributed by atoms with Gasteiger partial charge in [-0.2, -0.15) is 0 Å². The van der Waals surface area contributed by atoms with E-state index in [2.05, 4.69) is 20.3 Å². The van der Waals surface area contributed by atoms with E-state index in [0.717, 1.165) is 0 Å². The van der Waals surface area contributed by atoms with E-state index < -0.39 is 5.82 Å². The van der Waals surface area contributed by atoms with Crippen LogP contribution in [0.15, 0.2) is 6.20 Å². The highest BCUT2D eigenvalue weighted by Crippen LogP contribution is 2.26. The molecule has 2 aromatic rings. The Bertz CT molecular complexity index is 581. The fourth-order valence-corrected chi connectivity index (χ4v) is 1.72. The standard InChI is InChI=1S/C10H9Cl2FN4O/c1-18-3-2-14-9-5-4-15-8(11)6(13)7(5)16-10(12)17-9/h4H,2-3H2,1H3,(H,14,16,17). The van der Waals surface area contributed by atoms with Gasteiger partial charge >= 0.3 is 0 Å².